The number of benzene rings is 1. The summed E-state index contributed by atoms with van der Waals surface area (Å²) in [6, 6.07) is 14.0. The molecule has 0 radical (unpaired) electrons. The molecule has 5 rings (SSSR count). The van der Waals surface area contributed by atoms with Gasteiger partial charge in [0.05, 0.1) is 9.75 Å². The second-order valence-corrected chi connectivity index (χ2v) is 9.28. The van der Waals surface area contributed by atoms with E-state index in [4.69, 9.17) is 14.5 Å². The van der Waals surface area contributed by atoms with Crippen LogP contribution in [0, 0.1) is 0 Å². The van der Waals surface area contributed by atoms with Crippen molar-refractivity contribution in [3.63, 3.8) is 0 Å². The Bertz CT molecular complexity index is 1080. The summed E-state index contributed by atoms with van der Waals surface area (Å²) in [6.07, 6.45) is 1.01. The molecule has 146 valence electrons. The van der Waals surface area contributed by atoms with Crippen molar-refractivity contribution in [3.05, 3.63) is 58.8 Å². The molecule has 1 aliphatic heterocycles. The molecule has 1 aliphatic rings. The van der Waals surface area contributed by atoms with E-state index in [-0.39, 0.29) is 12.7 Å². The minimum absolute atomic E-state index is 0.0492. The van der Waals surface area contributed by atoms with Gasteiger partial charge >= 0.3 is 0 Å². The van der Waals surface area contributed by atoms with Crippen LogP contribution in [-0.4, -0.2) is 17.7 Å². The van der Waals surface area contributed by atoms with Crippen molar-refractivity contribution in [2.75, 3.05) is 12.1 Å². The topological polar surface area (TPSA) is 60.5 Å². The van der Waals surface area contributed by atoms with Gasteiger partial charge in [-0.15, -0.1) is 22.7 Å². The monoisotopic (exact) mass is 440 g/mol. The fourth-order valence-electron chi connectivity index (χ4n) is 3.06. The second-order valence-electron chi connectivity index (χ2n) is 6.39. The van der Waals surface area contributed by atoms with Crippen LogP contribution in [0.3, 0.4) is 0 Å². The van der Waals surface area contributed by atoms with Crippen molar-refractivity contribution in [3.8, 4) is 31.8 Å². The summed E-state index contributed by atoms with van der Waals surface area (Å²) in [4.78, 5) is 20.6. The third-order valence-electron chi connectivity index (χ3n) is 4.45. The zero-order valence-corrected chi connectivity index (χ0v) is 17.7. The Balaban J connectivity index is 1.30. The summed E-state index contributed by atoms with van der Waals surface area (Å²) >= 11 is 4.85. The van der Waals surface area contributed by atoms with Crippen LogP contribution in [0.4, 0.5) is 5.13 Å². The summed E-state index contributed by atoms with van der Waals surface area (Å²) in [5.41, 5.74) is 1.97. The zero-order chi connectivity index (χ0) is 19.6. The van der Waals surface area contributed by atoms with E-state index in [1.807, 2.05) is 35.7 Å². The minimum Gasteiger partial charge on any atom is -0.454 e. The number of fused-ring (bicyclic) bond motifs is 1. The fraction of sp³-hybridized carbons (Fsp3) is 0.143. The van der Waals surface area contributed by atoms with Crippen molar-refractivity contribution in [1.29, 1.82) is 0 Å². The number of hydrogen-bond donors (Lipinski definition) is 1. The van der Waals surface area contributed by atoms with E-state index in [9.17, 15) is 4.79 Å². The number of nitrogens with zero attached hydrogens (tertiary/aromatic N) is 1. The summed E-state index contributed by atoms with van der Waals surface area (Å²) in [6.45, 7) is 0.252. The number of ether oxygens (including phenoxy) is 2. The maximum Gasteiger partial charge on any atom is 0.231 e. The van der Waals surface area contributed by atoms with Crippen LogP contribution in [0.5, 0.6) is 11.5 Å². The highest BCUT2D eigenvalue weighted by Gasteiger charge is 2.18. The normalized spacial score (nSPS) is 12.3. The molecule has 0 fully saturated rings. The van der Waals surface area contributed by atoms with Gasteiger partial charge in [-0.1, -0.05) is 29.5 Å². The first-order chi connectivity index (χ1) is 14.3. The Morgan fingerprint density at radius 1 is 1.03 bits per heavy atom. The summed E-state index contributed by atoms with van der Waals surface area (Å²) < 4.78 is 10.7. The Kier molecular flexibility index (Phi) is 5.05. The lowest BCUT2D eigenvalue weighted by Gasteiger charge is -2.03. The molecule has 0 aliphatic carbocycles. The zero-order valence-electron chi connectivity index (χ0n) is 15.2. The van der Waals surface area contributed by atoms with Crippen LogP contribution >= 0.6 is 34.0 Å². The van der Waals surface area contributed by atoms with E-state index in [0.29, 0.717) is 18.0 Å². The maximum atomic E-state index is 12.5. The molecular formula is C21H16N2O3S3. The highest BCUT2D eigenvalue weighted by Crippen LogP contribution is 2.42. The maximum absolute atomic E-state index is 12.5. The highest BCUT2D eigenvalue weighted by molar-refractivity contribution is 7.24. The fourth-order valence-corrected chi connectivity index (χ4v) is 5.70. The number of rotatable bonds is 6. The van der Waals surface area contributed by atoms with Gasteiger partial charge in [-0.25, -0.2) is 4.98 Å². The lowest BCUT2D eigenvalue weighted by Crippen LogP contribution is -2.12. The molecule has 0 unspecified atom stereocenters. The minimum atomic E-state index is -0.0492. The van der Waals surface area contributed by atoms with E-state index >= 15 is 0 Å². The lowest BCUT2D eigenvalue weighted by atomic mass is 10.1. The van der Waals surface area contributed by atoms with E-state index in [1.54, 1.807) is 22.7 Å². The number of aromatic nitrogens is 1. The molecule has 0 saturated carbocycles. The van der Waals surface area contributed by atoms with Gasteiger partial charge in [-0.05, 0) is 47.0 Å². The van der Waals surface area contributed by atoms with Crippen LogP contribution in [0.15, 0.2) is 53.2 Å². The molecule has 0 saturated heterocycles. The van der Waals surface area contributed by atoms with Crippen molar-refractivity contribution >= 4 is 45.0 Å². The molecule has 0 spiro atoms. The number of amides is 1. The molecule has 5 nitrogen and oxygen atoms in total. The number of anilines is 1. The van der Waals surface area contributed by atoms with Crippen LogP contribution in [0.25, 0.3) is 20.3 Å². The van der Waals surface area contributed by atoms with Gasteiger partial charge in [0.15, 0.2) is 16.6 Å². The van der Waals surface area contributed by atoms with Crippen molar-refractivity contribution in [2.45, 2.75) is 12.8 Å². The van der Waals surface area contributed by atoms with Crippen LogP contribution < -0.4 is 14.8 Å². The van der Waals surface area contributed by atoms with E-state index in [2.05, 4.69) is 22.8 Å². The standard InChI is InChI=1S/C21H16N2O3S3/c24-18(8-6-13-5-7-14-15(11-13)26-12-25-14)22-21-23-19(16-3-1-9-27-16)20(29-21)17-4-2-10-28-17/h1-5,7,9-11H,6,8,12H2,(H,22,23,24). The first kappa shape index (κ1) is 18.4. The van der Waals surface area contributed by atoms with E-state index < -0.39 is 0 Å². The van der Waals surface area contributed by atoms with E-state index in [1.165, 1.54) is 11.3 Å². The molecule has 1 aromatic carbocycles. The number of aryl methyl sites for hydroxylation is 1. The van der Waals surface area contributed by atoms with Crippen LogP contribution in [0.1, 0.15) is 12.0 Å². The molecule has 0 bridgehead atoms. The van der Waals surface area contributed by atoms with Crippen LogP contribution in [-0.2, 0) is 11.2 Å². The van der Waals surface area contributed by atoms with Crippen molar-refractivity contribution in [1.82, 2.24) is 4.98 Å². The van der Waals surface area contributed by atoms with Gasteiger partial charge in [-0.2, -0.15) is 0 Å². The number of hydrogen-bond acceptors (Lipinski definition) is 7. The molecule has 4 aromatic rings. The molecule has 4 heterocycles. The number of nitrogens with one attached hydrogen (secondary N) is 1. The molecule has 1 amide bonds. The number of thiazole rings is 1. The number of thiophene rings is 2. The number of carbonyl (C=O) groups is 1. The van der Waals surface area contributed by atoms with Crippen molar-refractivity contribution in [2.24, 2.45) is 0 Å². The third-order valence-corrected chi connectivity index (χ3v) is 7.35. The number of carbonyl (C=O) groups excluding carboxylic acids is 1. The summed E-state index contributed by atoms with van der Waals surface area (Å²) in [7, 11) is 0. The third kappa shape index (κ3) is 3.91. The highest BCUT2D eigenvalue weighted by atomic mass is 32.1. The van der Waals surface area contributed by atoms with Crippen LogP contribution in [0.2, 0.25) is 0 Å². The second kappa shape index (κ2) is 7.98. The first-order valence-corrected chi connectivity index (χ1v) is 11.6. The largest absolute Gasteiger partial charge is 0.454 e. The lowest BCUT2D eigenvalue weighted by molar-refractivity contribution is -0.116. The molecule has 0 atom stereocenters. The van der Waals surface area contributed by atoms with Gasteiger partial charge in [0.2, 0.25) is 12.7 Å². The average Bonchev–Trinajstić information content (AvgIpc) is 3.52. The van der Waals surface area contributed by atoms with Gasteiger partial charge < -0.3 is 14.8 Å². The molecule has 3 aromatic heterocycles. The van der Waals surface area contributed by atoms with Gasteiger partial charge in [-0.3, -0.25) is 4.79 Å². The van der Waals surface area contributed by atoms with Crippen molar-refractivity contribution < 1.29 is 14.3 Å². The smallest absolute Gasteiger partial charge is 0.231 e. The first-order valence-electron chi connectivity index (χ1n) is 9.03. The Labute approximate surface area is 179 Å². The molecular weight excluding hydrogens is 424 g/mol. The SMILES string of the molecule is O=C(CCc1ccc2c(c1)OCO2)Nc1nc(-c2cccs2)c(-c2cccs2)s1. The predicted molar refractivity (Wildman–Crippen MR) is 118 cm³/mol. The summed E-state index contributed by atoms with van der Waals surface area (Å²) in [5, 5.41) is 7.69. The quantitative estimate of drug-likeness (QED) is 0.405. The Morgan fingerprint density at radius 3 is 2.62 bits per heavy atom. The van der Waals surface area contributed by atoms with Gasteiger partial charge in [0.1, 0.15) is 5.69 Å². The van der Waals surface area contributed by atoms with Gasteiger partial charge in [0.25, 0.3) is 0 Å². The molecule has 8 heteroatoms. The van der Waals surface area contributed by atoms with E-state index in [0.717, 1.165) is 37.4 Å². The Hall–Kier alpha value is -2.68. The molecule has 29 heavy (non-hydrogen) atoms. The molecule has 1 N–H and O–H groups in total. The van der Waals surface area contributed by atoms with Gasteiger partial charge in [0, 0.05) is 11.3 Å². The summed E-state index contributed by atoms with van der Waals surface area (Å²) in [5.74, 6) is 1.44. The predicted octanol–water partition coefficient (Wildman–Crippen LogP) is 5.90. The average molecular weight is 441 g/mol. The Morgan fingerprint density at radius 2 is 1.83 bits per heavy atom.